The van der Waals surface area contributed by atoms with Gasteiger partial charge >= 0.3 is 0 Å². The van der Waals surface area contributed by atoms with Gasteiger partial charge < -0.3 is 24.0 Å². The minimum atomic E-state index is 0. The summed E-state index contributed by atoms with van der Waals surface area (Å²) in [6.45, 7) is 2.05. The van der Waals surface area contributed by atoms with Gasteiger partial charge in [-0.1, -0.05) is 24.3 Å². The summed E-state index contributed by atoms with van der Waals surface area (Å²) in [5.74, 6) is 5.77. The Morgan fingerprint density at radius 2 is 1.83 bits per heavy atom. The molecule has 0 aliphatic carbocycles. The summed E-state index contributed by atoms with van der Waals surface area (Å²) in [5.41, 5.74) is 2.89. The van der Waals surface area contributed by atoms with Crippen LogP contribution in [0.25, 0.3) is 0 Å². The molecule has 1 atom stereocenters. The first kappa shape index (κ1) is 9.95. The lowest BCUT2D eigenvalue weighted by Gasteiger charge is -2.20. The van der Waals surface area contributed by atoms with E-state index in [1.54, 1.807) is 0 Å². The van der Waals surface area contributed by atoms with Gasteiger partial charge in [-0.05, 0) is 5.56 Å². The molecule has 0 amide bonds. The normalized spacial score (nSPS) is 20.9. The van der Waals surface area contributed by atoms with Crippen LogP contribution in [0.15, 0.2) is 24.3 Å². The molecule has 2 rings (SSSR count). The summed E-state index contributed by atoms with van der Waals surface area (Å²) in [6, 6.07) is 8.54. The Morgan fingerprint density at radius 1 is 1.17 bits per heavy atom. The highest BCUT2D eigenvalue weighted by Crippen LogP contribution is 2.09. The molecule has 0 spiro atoms. The Labute approximate surface area is 89.7 Å². The lowest BCUT2D eigenvalue weighted by atomic mass is 10.0. The molecule has 1 heterocycles. The third kappa shape index (κ3) is 1.97. The molecule has 0 aromatic heterocycles. The fourth-order valence-corrected chi connectivity index (χ4v) is 1.60. The smallest absolute Gasteiger partial charge is 0.120 e. The van der Waals surface area contributed by atoms with Gasteiger partial charge in [0.1, 0.15) is 6.54 Å². The zero-order valence-electron chi connectivity index (χ0n) is 6.89. The van der Waals surface area contributed by atoms with Crippen molar-refractivity contribution in [3.05, 3.63) is 35.4 Å². The largest absolute Gasteiger partial charge is 1.00 e. The van der Waals surface area contributed by atoms with Crippen LogP contribution >= 0.6 is 0 Å². The van der Waals surface area contributed by atoms with Crippen LogP contribution < -0.4 is 34.8 Å². The SMILES string of the molecule is N[NH+]1CCc2ccccc2C1.[I-]. The number of nitrogens with one attached hydrogen (secondary N) is 1. The summed E-state index contributed by atoms with van der Waals surface area (Å²) < 4.78 is 0. The minimum Gasteiger partial charge on any atom is -1.00 e. The molecule has 1 aromatic rings. The zero-order chi connectivity index (χ0) is 7.68. The van der Waals surface area contributed by atoms with Gasteiger partial charge in [0.15, 0.2) is 0 Å². The molecule has 0 fully saturated rings. The van der Waals surface area contributed by atoms with E-state index in [-0.39, 0.29) is 24.0 Å². The molecule has 1 aromatic carbocycles. The summed E-state index contributed by atoms with van der Waals surface area (Å²) in [5, 5.41) is 1.13. The van der Waals surface area contributed by atoms with Crippen molar-refractivity contribution in [1.82, 2.24) is 0 Å². The van der Waals surface area contributed by atoms with Gasteiger partial charge in [0.2, 0.25) is 0 Å². The lowest BCUT2D eigenvalue weighted by molar-refractivity contribution is -0.928. The van der Waals surface area contributed by atoms with E-state index in [0.29, 0.717) is 0 Å². The Balaban J connectivity index is 0.000000720. The first-order chi connectivity index (χ1) is 5.36. The van der Waals surface area contributed by atoms with Crippen LogP contribution in [0.5, 0.6) is 0 Å². The molecule has 0 saturated heterocycles. The first-order valence-electron chi connectivity index (χ1n) is 4.03. The van der Waals surface area contributed by atoms with E-state index >= 15 is 0 Å². The Kier molecular flexibility index (Phi) is 3.49. The van der Waals surface area contributed by atoms with Crippen molar-refractivity contribution in [3.63, 3.8) is 0 Å². The van der Waals surface area contributed by atoms with E-state index in [1.807, 2.05) is 0 Å². The second kappa shape index (κ2) is 4.20. The molecular weight excluding hydrogens is 263 g/mol. The maximum atomic E-state index is 5.77. The average molecular weight is 276 g/mol. The molecule has 12 heavy (non-hydrogen) atoms. The maximum absolute atomic E-state index is 5.77. The Morgan fingerprint density at radius 3 is 2.58 bits per heavy atom. The highest BCUT2D eigenvalue weighted by atomic mass is 127. The van der Waals surface area contributed by atoms with Crippen molar-refractivity contribution in [2.24, 2.45) is 5.84 Å². The standard InChI is InChI=1S/C9H12N2.HI/c10-11-6-5-8-3-1-2-4-9(8)7-11;/h1-4H,5-7,10H2;1H. The minimum absolute atomic E-state index is 0. The van der Waals surface area contributed by atoms with Gasteiger partial charge in [-0.3, -0.25) is 5.01 Å². The second-order valence-electron chi connectivity index (χ2n) is 3.10. The number of halogens is 1. The molecule has 0 saturated carbocycles. The van der Waals surface area contributed by atoms with Crippen LogP contribution in [0, 0.1) is 0 Å². The summed E-state index contributed by atoms with van der Waals surface area (Å²) >= 11 is 0. The van der Waals surface area contributed by atoms with Gasteiger partial charge in [-0.2, -0.15) is 5.84 Å². The van der Waals surface area contributed by atoms with Crippen molar-refractivity contribution in [2.75, 3.05) is 6.54 Å². The topological polar surface area (TPSA) is 30.5 Å². The lowest BCUT2D eigenvalue weighted by Crippen LogP contribution is -3.17. The number of fused-ring (bicyclic) bond motifs is 1. The average Bonchev–Trinajstić information content (AvgIpc) is 2.04. The van der Waals surface area contributed by atoms with Crippen molar-refractivity contribution in [3.8, 4) is 0 Å². The van der Waals surface area contributed by atoms with Gasteiger partial charge in [-0.25, -0.2) is 0 Å². The molecular formula is C9H13IN2. The van der Waals surface area contributed by atoms with E-state index in [4.69, 9.17) is 5.84 Å². The van der Waals surface area contributed by atoms with Crippen LogP contribution in [-0.2, 0) is 13.0 Å². The van der Waals surface area contributed by atoms with E-state index in [0.717, 1.165) is 24.5 Å². The van der Waals surface area contributed by atoms with Gasteiger partial charge in [0, 0.05) is 12.0 Å². The molecule has 66 valence electrons. The second-order valence-corrected chi connectivity index (χ2v) is 3.10. The predicted molar refractivity (Wildman–Crippen MR) is 43.9 cm³/mol. The van der Waals surface area contributed by atoms with E-state index in [9.17, 15) is 0 Å². The van der Waals surface area contributed by atoms with Crippen molar-refractivity contribution >= 4 is 0 Å². The fraction of sp³-hybridized carbons (Fsp3) is 0.333. The molecule has 1 aliphatic rings. The Bertz CT molecular complexity index is 262. The van der Waals surface area contributed by atoms with Crippen LogP contribution in [-0.4, -0.2) is 6.54 Å². The number of hydrogen-bond acceptors (Lipinski definition) is 1. The third-order valence-electron chi connectivity index (χ3n) is 2.25. The van der Waals surface area contributed by atoms with Crippen molar-refractivity contribution < 1.29 is 29.0 Å². The number of rotatable bonds is 0. The van der Waals surface area contributed by atoms with Crippen LogP contribution in [0.4, 0.5) is 0 Å². The first-order valence-corrected chi connectivity index (χ1v) is 4.03. The number of nitrogens with two attached hydrogens (primary N) is 1. The van der Waals surface area contributed by atoms with Crippen LogP contribution in [0.1, 0.15) is 11.1 Å². The van der Waals surface area contributed by atoms with E-state index < -0.39 is 0 Å². The summed E-state index contributed by atoms with van der Waals surface area (Å²) in [6.07, 6.45) is 1.13. The molecule has 2 nitrogen and oxygen atoms in total. The molecule has 0 bridgehead atoms. The predicted octanol–water partition coefficient (Wildman–Crippen LogP) is -3.49. The molecule has 1 aliphatic heterocycles. The Hall–Kier alpha value is -0.130. The molecule has 3 N–H and O–H groups in total. The molecule has 0 radical (unpaired) electrons. The third-order valence-corrected chi connectivity index (χ3v) is 2.25. The van der Waals surface area contributed by atoms with Crippen molar-refractivity contribution in [2.45, 2.75) is 13.0 Å². The van der Waals surface area contributed by atoms with E-state index in [2.05, 4.69) is 24.3 Å². The van der Waals surface area contributed by atoms with E-state index in [1.165, 1.54) is 11.1 Å². The number of quaternary nitrogens is 1. The quantitative estimate of drug-likeness (QED) is 0.374. The van der Waals surface area contributed by atoms with Gasteiger partial charge in [-0.15, -0.1) is 0 Å². The molecule has 3 heteroatoms. The van der Waals surface area contributed by atoms with Gasteiger partial charge in [0.05, 0.1) is 6.54 Å². The number of hydrogen-bond donors (Lipinski definition) is 2. The zero-order valence-corrected chi connectivity index (χ0v) is 9.04. The van der Waals surface area contributed by atoms with Crippen LogP contribution in [0.2, 0.25) is 0 Å². The number of benzene rings is 1. The van der Waals surface area contributed by atoms with Crippen molar-refractivity contribution in [1.29, 1.82) is 0 Å². The van der Waals surface area contributed by atoms with Gasteiger partial charge in [0.25, 0.3) is 0 Å². The summed E-state index contributed by atoms with van der Waals surface area (Å²) in [4.78, 5) is 0. The van der Waals surface area contributed by atoms with Crippen LogP contribution in [0.3, 0.4) is 0 Å². The highest BCUT2D eigenvalue weighted by Gasteiger charge is 2.14. The fourth-order valence-electron chi connectivity index (χ4n) is 1.60. The maximum Gasteiger partial charge on any atom is 0.120 e. The monoisotopic (exact) mass is 276 g/mol. The molecule has 1 unspecified atom stereocenters. The summed E-state index contributed by atoms with van der Waals surface area (Å²) in [7, 11) is 0. The highest BCUT2D eigenvalue weighted by molar-refractivity contribution is 5.27.